The number of nitrogens with two attached hydrogens (primary N) is 1. The number of anilines is 2. The minimum atomic E-state index is -0.227. The maximum absolute atomic E-state index is 13.5. The van der Waals surface area contributed by atoms with Crippen molar-refractivity contribution in [2.24, 2.45) is 0 Å². The normalized spacial score (nSPS) is 10.4. The Hall–Kier alpha value is -0.820. The van der Waals surface area contributed by atoms with Crippen LogP contribution in [0.15, 0.2) is 40.9 Å². The van der Waals surface area contributed by atoms with E-state index in [1.54, 1.807) is 12.1 Å². The first-order valence-corrected chi connectivity index (χ1v) is 7.16. The number of nitrogens with one attached hydrogen (secondary N) is 1. The van der Waals surface area contributed by atoms with Crippen molar-refractivity contribution in [3.8, 4) is 0 Å². The molecule has 18 heavy (non-hydrogen) atoms. The van der Waals surface area contributed by atoms with E-state index < -0.39 is 0 Å². The van der Waals surface area contributed by atoms with Gasteiger partial charge in [-0.3, -0.25) is 0 Å². The molecule has 2 aromatic rings. The van der Waals surface area contributed by atoms with Crippen LogP contribution in [-0.2, 0) is 6.54 Å². The minimum absolute atomic E-state index is 0.227. The van der Waals surface area contributed by atoms with E-state index in [0.29, 0.717) is 17.8 Å². The van der Waals surface area contributed by atoms with Crippen molar-refractivity contribution in [3.05, 3.63) is 55.8 Å². The van der Waals surface area contributed by atoms with Crippen LogP contribution in [0.25, 0.3) is 0 Å². The molecule has 0 saturated heterocycles. The molecule has 2 rings (SSSR count). The molecule has 0 aliphatic heterocycles. The number of benzene rings is 2. The molecular formula is C13H11BrFIN2. The summed E-state index contributed by atoms with van der Waals surface area (Å²) in [6.07, 6.45) is 0. The van der Waals surface area contributed by atoms with Gasteiger partial charge in [0.05, 0.1) is 11.4 Å². The lowest BCUT2D eigenvalue weighted by atomic mass is 10.2. The van der Waals surface area contributed by atoms with Gasteiger partial charge < -0.3 is 11.1 Å². The fourth-order valence-corrected chi connectivity index (χ4v) is 2.49. The van der Waals surface area contributed by atoms with Gasteiger partial charge in [0.15, 0.2) is 0 Å². The largest absolute Gasteiger partial charge is 0.397 e. The Kier molecular flexibility index (Phi) is 4.45. The Morgan fingerprint density at radius 1 is 1.22 bits per heavy atom. The highest BCUT2D eigenvalue weighted by molar-refractivity contribution is 14.1. The molecule has 0 atom stereocenters. The Morgan fingerprint density at radius 2 is 2.00 bits per heavy atom. The van der Waals surface area contributed by atoms with Gasteiger partial charge >= 0.3 is 0 Å². The summed E-state index contributed by atoms with van der Waals surface area (Å²) in [4.78, 5) is 0. The zero-order valence-corrected chi connectivity index (χ0v) is 13.1. The molecule has 3 N–H and O–H groups in total. The van der Waals surface area contributed by atoms with E-state index in [9.17, 15) is 4.39 Å². The van der Waals surface area contributed by atoms with Crippen molar-refractivity contribution in [1.82, 2.24) is 0 Å². The van der Waals surface area contributed by atoms with Crippen LogP contribution < -0.4 is 11.1 Å². The van der Waals surface area contributed by atoms with Crippen LogP contribution in [0.4, 0.5) is 15.8 Å². The molecule has 94 valence electrons. The van der Waals surface area contributed by atoms with Crippen LogP contribution in [0, 0.1) is 9.39 Å². The predicted octanol–water partition coefficient (Wildman–Crippen LogP) is 4.39. The monoisotopic (exact) mass is 420 g/mol. The third kappa shape index (κ3) is 3.35. The first kappa shape index (κ1) is 13.6. The third-order valence-electron chi connectivity index (χ3n) is 2.49. The van der Waals surface area contributed by atoms with Gasteiger partial charge in [-0.25, -0.2) is 4.39 Å². The molecular weight excluding hydrogens is 410 g/mol. The maximum Gasteiger partial charge on any atom is 0.128 e. The Morgan fingerprint density at radius 3 is 2.72 bits per heavy atom. The summed E-state index contributed by atoms with van der Waals surface area (Å²) in [7, 11) is 0. The van der Waals surface area contributed by atoms with Crippen molar-refractivity contribution in [1.29, 1.82) is 0 Å². The summed E-state index contributed by atoms with van der Waals surface area (Å²) in [5, 5.41) is 3.14. The smallest absolute Gasteiger partial charge is 0.128 e. The summed E-state index contributed by atoms with van der Waals surface area (Å²) in [5.74, 6) is -0.227. The van der Waals surface area contributed by atoms with Crippen LogP contribution in [0.5, 0.6) is 0 Å². The number of hydrogen-bond donors (Lipinski definition) is 2. The van der Waals surface area contributed by atoms with Crippen LogP contribution >= 0.6 is 38.5 Å². The number of hydrogen-bond acceptors (Lipinski definition) is 2. The highest BCUT2D eigenvalue weighted by Gasteiger charge is 2.04. The van der Waals surface area contributed by atoms with Crippen LogP contribution in [0.3, 0.4) is 0 Å². The molecule has 0 fully saturated rings. The summed E-state index contributed by atoms with van der Waals surface area (Å²) in [5.41, 5.74) is 7.96. The molecule has 2 aromatic carbocycles. The molecule has 0 aliphatic carbocycles. The molecule has 5 heteroatoms. The standard InChI is InChI=1S/C13H11BrFIN2/c14-9-1-3-11(15)8(5-9)7-18-13-4-2-10(16)6-12(13)17/h1-6,18H,7,17H2. The quantitative estimate of drug-likeness (QED) is 0.571. The molecule has 0 radical (unpaired) electrons. The van der Waals surface area contributed by atoms with E-state index in [0.717, 1.165) is 13.7 Å². The van der Waals surface area contributed by atoms with Crippen molar-refractivity contribution >= 4 is 49.9 Å². The fraction of sp³-hybridized carbons (Fsp3) is 0.0769. The average Bonchev–Trinajstić information content (AvgIpc) is 2.32. The molecule has 0 amide bonds. The van der Waals surface area contributed by atoms with Crippen molar-refractivity contribution in [2.45, 2.75) is 6.54 Å². The lowest BCUT2D eigenvalue weighted by Gasteiger charge is -2.10. The highest BCUT2D eigenvalue weighted by Crippen LogP contribution is 2.22. The topological polar surface area (TPSA) is 38.0 Å². The van der Waals surface area contributed by atoms with Gasteiger partial charge in [0, 0.05) is 20.2 Å². The van der Waals surface area contributed by atoms with E-state index in [4.69, 9.17) is 5.73 Å². The second kappa shape index (κ2) is 5.88. The zero-order chi connectivity index (χ0) is 13.1. The van der Waals surface area contributed by atoms with Crippen molar-refractivity contribution in [2.75, 3.05) is 11.1 Å². The first-order valence-electron chi connectivity index (χ1n) is 5.29. The molecule has 0 aromatic heterocycles. The van der Waals surface area contributed by atoms with E-state index >= 15 is 0 Å². The zero-order valence-electron chi connectivity index (χ0n) is 9.38. The van der Waals surface area contributed by atoms with Gasteiger partial charge in [0.2, 0.25) is 0 Å². The van der Waals surface area contributed by atoms with Gasteiger partial charge in [0.1, 0.15) is 5.82 Å². The van der Waals surface area contributed by atoms with Gasteiger partial charge in [-0.05, 0) is 59.0 Å². The molecule has 2 nitrogen and oxygen atoms in total. The van der Waals surface area contributed by atoms with Crippen molar-refractivity contribution < 1.29 is 4.39 Å². The van der Waals surface area contributed by atoms with E-state index in [-0.39, 0.29) is 5.82 Å². The molecule has 0 spiro atoms. The summed E-state index contributed by atoms with van der Waals surface area (Å²) in [6.45, 7) is 0.399. The first-order chi connectivity index (χ1) is 8.56. The van der Waals surface area contributed by atoms with Crippen LogP contribution in [0.2, 0.25) is 0 Å². The minimum Gasteiger partial charge on any atom is -0.397 e. The van der Waals surface area contributed by atoms with Crippen LogP contribution in [-0.4, -0.2) is 0 Å². The Bertz CT molecular complexity index is 575. The van der Waals surface area contributed by atoms with E-state index in [1.165, 1.54) is 6.07 Å². The van der Waals surface area contributed by atoms with Crippen LogP contribution in [0.1, 0.15) is 5.56 Å². The third-order valence-corrected chi connectivity index (χ3v) is 3.65. The lowest BCUT2D eigenvalue weighted by Crippen LogP contribution is -2.04. The SMILES string of the molecule is Nc1cc(I)ccc1NCc1cc(Br)ccc1F. The number of rotatable bonds is 3. The Labute approximate surface area is 127 Å². The number of halogens is 3. The summed E-state index contributed by atoms with van der Waals surface area (Å²) < 4.78 is 15.5. The lowest BCUT2D eigenvalue weighted by molar-refractivity contribution is 0.612. The van der Waals surface area contributed by atoms with Gasteiger partial charge in [-0.15, -0.1) is 0 Å². The van der Waals surface area contributed by atoms with E-state index in [2.05, 4.69) is 43.8 Å². The molecule has 0 bridgehead atoms. The average molecular weight is 421 g/mol. The second-order valence-corrected chi connectivity index (χ2v) is 5.98. The highest BCUT2D eigenvalue weighted by atomic mass is 127. The second-order valence-electron chi connectivity index (χ2n) is 3.82. The molecule has 0 heterocycles. The predicted molar refractivity (Wildman–Crippen MR) is 85.0 cm³/mol. The van der Waals surface area contributed by atoms with E-state index in [1.807, 2.05) is 18.2 Å². The Balaban J connectivity index is 2.13. The molecule has 0 unspecified atom stereocenters. The molecule has 0 aliphatic rings. The van der Waals surface area contributed by atoms with Crippen molar-refractivity contribution in [3.63, 3.8) is 0 Å². The fourth-order valence-electron chi connectivity index (χ4n) is 1.56. The summed E-state index contributed by atoms with van der Waals surface area (Å²) in [6, 6.07) is 10.6. The maximum atomic E-state index is 13.5. The summed E-state index contributed by atoms with van der Waals surface area (Å²) >= 11 is 5.52. The van der Waals surface area contributed by atoms with Gasteiger partial charge in [-0.2, -0.15) is 0 Å². The van der Waals surface area contributed by atoms with Gasteiger partial charge in [0.25, 0.3) is 0 Å². The molecule has 0 saturated carbocycles. The number of nitrogen functional groups attached to an aromatic ring is 1. The van der Waals surface area contributed by atoms with Gasteiger partial charge in [-0.1, -0.05) is 15.9 Å².